The molecule has 3 aromatic rings. The van der Waals surface area contributed by atoms with Gasteiger partial charge in [0, 0.05) is 48.5 Å². The predicted molar refractivity (Wildman–Crippen MR) is 150 cm³/mol. The van der Waals surface area contributed by atoms with E-state index >= 15 is 0 Å². The summed E-state index contributed by atoms with van der Waals surface area (Å²) in [5.74, 6) is 0.216. The zero-order valence-electron chi connectivity index (χ0n) is 20.0. The highest BCUT2D eigenvalue weighted by molar-refractivity contribution is 7.92. The van der Waals surface area contributed by atoms with Gasteiger partial charge in [0.2, 0.25) is 0 Å². The summed E-state index contributed by atoms with van der Waals surface area (Å²) in [7, 11) is -4.26. The highest BCUT2D eigenvalue weighted by Gasteiger charge is 2.30. The molecule has 202 valence electrons. The molecule has 0 amide bonds. The van der Waals surface area contributed by atoms with Crippen molar-refractivity contribution in [3.63, 3.8) is 0 Å². The topological polar surface area (TPSA) is 119 Å². The number of rotatable bonds is 7. The number of carboxylic acid groups (broad SMARTS) is 1. The molecule has 0 aliphatic carbocycles. The molecule has 0 unspecified atom stereocenters. The summed E-state index contributed by atoms with van der Waals surface area (Å²) < 4.78 is 27.8. The van der Waals surface area contributed by atoms with Crippen LogP contribution in [-0.4, -0.2) is 68.7 Å². The maximum absolute atomic E-state index is 13.5. The molecular weight excluding hydrogens is 575 g/mol. The Kier molecular flexibility index (Phi) is 8.53. The molecule has 2 N–H and O–H groups in total. The van der Waals surface area contributed by atoms with Gasteiger partial charge in [0.25, 0.3) is 10.0 Å². The van der Waals surface area contributed by atoms with E-state index in [2.05, 4.69) is 15.2 Å². The van der Waals surface area contributed by atoms with Crippen molar-refractivity contribution in [1.29, 1.82) is 0 Å². The van der Waals surface area contributed by atoms with Gasteiger partial charge in [-0.15, -0.1) is 12.4 Å². The average Bonchev–Trinajstić information content (AvgIpc) is 3.30. The summed E-state index contributed by atoms with van der Waals surface area (Å²) >= 11 is 12.0. The van der Waals surface area contributed by atoms with E-state index in [9.17, 15) is 18.3 Å². The SMILES string of the molecule is Cl.O=C(O)CN(c1ccc2c(c1)CCN2c1cncc(N2CCNCC2)n1)S(=O)(=O)c1cc(Cl)cc(Cl)c1. The number of benzene rings is 2. The van der Waals surface area contributed by atoms with Crippen LogP contribution in [0.2, 0.25) is 10.0 Å². The van der Waals surface area contributed by atoms with Crippen molar-refractivity contribution in [3.8, 4) is 0 Å². The number of anilines is 4. The fraction of sp³-hybridized carbons (Fsp3) is 0.292. The van der Waals surface area contributed by atoms with Gasteiger partial charge in [0.1, 0.15) is 12.4 Å². The summed E-state index contributed by atoms with van der Waals surface area (Å²) in [6.07, 6.45) is 4.09. The smallest absolute Gasteiger partial charge is 0.324 e. The highest BCUT2D eigenvalue weighted by Crippen LogP contribution is 2.37. The first-order valence-corrected chi connectivity index (χ1v) is 13.8. The Morgan fingerprint density at radius 3 is 2.39 bits per heavy atom. The van der Waals surface area contributed by atoms with Gasteiger partial charge in [-0.1, -0.05) is 23.2 Å². The minimum absolute atomic E-state index is 0. The van der Waals surface area contributed by atoms with E-state index in [0.717, 1.165) is 47.6 Å². The number of halogens is 3. The van der Waals surface area contributed by atoms with Gasteiger partial charge in [-0.05, 0) is 48.4 Å². The highest BCUT2D eigenvalue weighted by atomic mass is 35.5. The minimum Gasteiger partial charge on any atom is -0.480 e. The zero-order chi connectivity index (χ0) is 26.2. The largest absolute Gasteiger partial charge is 0.480 e. The second kappa shape index (κ2) is 11.5. The van der Waals surface area contributed by atoms with Crippen molar-refractivity contribution >= 4 is 74.6 Å². The maximum Gasteiger partial charge on any atom is 0.324 e. The van der Waals surface area contributed by atoms with Crippen LogP contribution in [0.15, 0.2) is 53.7 Å². The first-order valence-electron chi connectivity index (χ1n) is 11.6. The number of nitrogens with zero attached hydrogens (tertiary/aromatic N) is 5. The molecule has 2 aliphatic rings. The number of carboxylic acids is 1. The van der Waals surface area contributed by atoms with E-state index < -0.39 is 22.5 Å². The molecule has 1 saturated heterocycles. The molecule has 0 radical (unpaired) electrons. The fourth-order valence-corrected chi connectivity index (χ4v) is 6.68. The Hall–Kier alpha value is -2.83. The van der Waals surface area contributed by atoms with Crippen LogP contribution in [-0.2, 0) is 21.2 Å². The van der Waals surface area contributed by atoms with E-state index in [0.29, 0.717) is 18.8 Å². The third kappa shape index (κ3) is 5.76. The van der Waals surface area contributed by atoms with Crippen molar-refractivity contribution in [3.05, 3.63) is 64.4 Å². The summed E-state index contributed by atoms with van der Waals surface area (Å²) in [4.78, 5) is 24.9. The molecule has 2 aromatic carbocycles. The number of piperazine rings is 1. The van der Waals surface area contributed by atoms with Gasteiger partial charge < -0.3 is 20.2 Å². The third-order valence-corrected chi connectivity index (χ3v) is 8.46. The second-order valence-corrected chi connectivity index (χ2v) is 11.4. The monoisotopic (exact) mass is 598 g/mol. The molecule has 1 aromatic heterocycles. The van der Waals surface area contributed by atoms with E-state index in [-0.39, 0.29) is 33.0 Å². The lowest BCUT2D eigenvalue weighted by molar-refractivity contribution is -0.135. The van der Waals surface area contributed by atoms with Gasteiger partial charge in [0.15, 0.2) is 5.82 Å². The molecule has 3 heterocycles. The van der Waals surface area contributed by atoms with Crippen molar-refractivity contribution in [2.75, 3.05) is 53.4 Å². The van der Waals surface area contributed by atoms with Gasteiger partial charge in [-0.2, -0.15) is 0 Å². The predicted octanol–water partition coefficient (Wildman–Crippen LogP) is 3.59. The molecule has 0 spiro atoms. The Morgan fingerprint density at radius 2 is 1.71 bits per heavy atom. The number of aliphatic carboxylic acids is 1. The molecule has 5 rings (SSSR count). The van der Waals surface area contributed by atoms with Crippen molar-refractivity contribution < 1.29 is 18.3 Å². The molecule has 14 heteroatoms. The van der Waals surface area contributed by atoms with Crippen LogP contribution >= 0.6 is 35.6 Å². The second-order valence-electron chi connectivity index (χ2n) is 8.70. The normalized spacial score (nSPS) is 15.1. The van der Waals surface area contributed by atoms with Crippen LogP contribution in [0.4, 0.5) is 23.0 Å². The van der Waals surface area contributed by atoms with Crippen LogP contribution in [0, 0.1) is 0 Å². The number of carbonyl (C=O) groups is 1. The lowest BCUT2D eigenvalue weighted by Gasteiger charge is -2.29. The van der Waals surface area contributed by atoms with E-state index in [1.54, 1.807) is 30.6 Å². The fourth-order valence-electron chi connectivity index (χ4n) is 4.55. The molecule has 0 saturated carbocycles. The number of hydrogen-bond acceptors (Lipinski definition) is 8. The number of aromatic nitrogens is 2. The lowest BCUT2D eigenvalue weighted by atomic mass is 10.1. The van der Waals surface area contributed by atoms with Crippen molar-refractivity contribution in [2.24, 2.45) is 0 Å². The van der Waals surface area contributed by atoms with Crippen molar-refractivity contribution in [2.45, 2.75) is 11.3 Å². The first kappa shape index (κ1) is 28.2. The Morgan fingerprint density at radius 1 is 1.03 bits per heavy atom. The van der Waals surface area contributed by atoms with Crippen LogP contribution in [0.1, 0.15) is 5.56 Å². The third-order valence-electron chi connectivity index (χ3n) is 6.28. The van der Waals surface area contributed by atoms with E-state index in [4.69, 9.17) is 28.2 Å². The van der Waals surface area contributed by atoms with Gasteiger partial charge in [0.05, 0.1) is 23.0 Å². The van der Waals surface area contributed by atoms with Gasteiger partial charge in [-0.25, -0.2) is 13.4 Å². The molecule has 0 bridgehead atoms. The Bertz CT molecular complexity index is 1430. The lowest BCUT2D eigenvalue weighted by Crippen LogP contribution is -2.44. The maximum atomic E-state index is 13.5. The summed E-state index contributed by atoms with van der Waals surface area (Å²) in [6.45, 7) is 3.35. The number of hydrogen-bond donors (Lipinski definition) is 2. The van der Waals surface area contributed by atoms with E-state index in [1.807, 2.05) is 4.90 Å². The Labute approximate surface area is 236 Å². The molecule has 10 nitrogen and oxygen atoms in total. The minimum atomic E-state index is -4.26. The molecular formula is C24H25Cl3N6O4S. The quantitative estimate of drug-likeness (QED) is 0.420. The molecule has 0 atom stereocenters. The molecule has 38 heavy (non-hydrogen) atoms. The van der Waals surface area contributed by atoms with Gasteiger partial charge in [-0.3, -0.25) is 14.1 Å². The molecule has 1 fully saturated rings. The van der Waals surface area contributed by atoms with Gasteiger partial charge >= 0.3 is 5.97 Å². The van der Waals surface area contributed by atoms with Crippen LogP contribution in [0.3, 0.4) is 0 Å². The van der Waals surface area contributed by atoms with Crippen LogP contribution in [0.25, 0.3) is 0 Å². The summed E-state index contributed by atoms with van der Waals surface area (Å²) in [5, 5.41) is 13.1. The Balaban J connectivity index is 0.00000336. The zero-order valence-corrected chi connectivity index (χ0v) is 23.2. The summed E-state index contributed by atoms with van der Waals surface area (Å²) in [6, 6.07) is 8.99. The van der Waals surface area contributed by atoms with E-state index in [1.165, 1.54) is 18.2 Å². The van der Waals surface area contributed by atoms with Crippen LogP contribution in [0.5, 0.6) is 0 Å². The first-order chi connectivity index (χ1) is 17.7. The number of fused-ring (bicyclic) bond motifs is 1. The number of sulfonamides is 1. The summed E-state index contributed by atoms with van der Waals surface area (Å²) in [5.41, 5.74) is 1.98. The number of nitrogens with one attached hydrogen (secondary N) is 1. The average molecular weight is 600 g/mol. The van der Waals surface area contributed by atoms with Crippen molar-refractivity contribution in [1.82, 2.24) is 15.3 Å². The molecule has 2 aliphatic heterocycles. The van der Waals surface area contributed by atoms with Crippen LogP contribution < -0.4 is 19.4 Å². The standard InChI is InChI=1S/C24H24Cl2N6O4S.ClH/c25-17-10-18(26)12-20(11-17)37(35,36)32(15-24(33)34)19-1-2-21-16(9-19)3-6-31(21)23-14-28-13-22(29-23)30-7-4-27-5-8-30;/h1-2,9-14,27H,3-8,15H2,(H,33,34);1H.